The van der Waals surface area contributed by atoms with Crippen LogP contribution in [-0.4, -0.2) is 90.5 Å². The van der Waals surface area contributed by atoms with Gasteiger partial charge >= 0.3 is 0 Å². The van der Waals surface area contributed by atoms with Gasteiger partial charge in [0.15, 0.2) is 34.7 Å². The van der Waals surface area contributed by atoms with Crippen LogP contribution in [0.3, 0.4) is 0 Å². The van der Waals surface area contributed by atoms with Crippen molar-refractivity contribution >= 4 is 34.7 Å². The highest BCUT2D eigenvalue weighted by Crippen LogP contribution is 2.52. The van der Waals surface area contributed by atoms with Crippen molar-refractivity contribution in [3.05, 3.63) is 22.8 Å². The molecule has 0 aliphatic heterocycles. The maximum absolute atomic E-state index is 14.1. The number of amides is 1. The molecule has 5 N–H and O–H groups in total. The third-order valence-electron chi connectivity index (χ3n) is 9.50. The number of ketones is 4. The van der Waals surface area contributed by atoms with Crippen LogP contribution in [0.2, 0.25) is 0 Å². The first kappa shape index (κ1) is 30.8. The molecule has 0 radical (unpaired) electrons. The predicted octanol–water partition coefficient (Wildman–Crippen LogP) is 0.459. The zero-order valence-electron chi connectivity index (χ0n) is 24.7. The summed E-state index contributed by atoms with van der Waals surface area (Å²) in [5.41, 5.74) is 4.49. The lowest BCUT2D eigenvalue weighted by molar-refractivity contribution is -0.181. The molecule has 2 fully saturated rings. The first-order chi connectivity index (χ1) is 19.2. The van der Waals surface area contributed by atoms with Crippen LogP contribution >= 0.6 is 0 Å². The van der Waals surface area contributed by atoms with E-state index in [1.807, 2.05) is 25.1 Å². The van der Waals surface area contributed by atoms with Crippen molar-refractivity contribution in [2.24, 2.45) is 35.3 Å². The van der Waals surface area contributed by atoms with Gasteiger partial charge in [-0.05, 0) is 56.9 Å². The van der Waals surface area contributed by atoms with Crippen LogP contribution in [0.1, 0.15) is 54.6 Å². The second kappa shape index (κ2) is 11.3. The van der Waals surface area contributed by atoms with Gasteiger partial charge in [0.25, 0.3) is 0 Å². The molecule has 1 aromatic rings. The minimum absolute atomic E-state index is 0.0159. The van der Waals surface area contributed by atoms with Crippen molar-refractivity contribution in [1.82, 2.24) is 10.2 Å². The molecule has 11 heteroatoms. The summed E-state index contributed by atoms with van der Waals surface area (Å²) in [4.78, 5) is 70.3. The normalized spacial score (nSPS) is 29.4. The molecule has 0 saturated heterocycles. The number of nitrogens with one attached hydrogen (secondary N) is 1. The predicted molar refractivity (Wildman–Crippen MR) is 151 cm³/mol. The van der Waals surface area contributed by atoms with Crippen LogP contribution in [-0.2, 0) is 32.1 Å². The third-order valence-corrected chi connectivity index (χ3v) is 9.50. The van der Waals surface area contributed by atoms with E-state index in [0.717, 1.165) is 25.1 Å². The summed E-state index contributed by atoms with van der Waals surface area (Å²) >= 11 is 0. The largest absolute Gasteiger partial charge is 0.507 e. The summed E-state index contributed by atoms with van der Waals surface area (Å²) in [6.07, 6.45) is 2.27. The molecule has 4 rings (SSSR count). The van der Waals surface area contributed by atoms with E-state index in [2.05, 4.69) is 19.2 Å². The summed E-state index contributed by atoms with van der Waals surface area (Å²) in [5, 5.41) is 26.5. The number of fused-ring (bicyclic) bond motifs is 3. The number of carbonyl (C=O) groups is 5. The number of primary amides is 1. The molecule has 1 amide bonds. The number of likely N-dealkylation sites (N-methyl/N-ethyl adjacent to an activating group) is 1. The third kappa shape index (κ3) is 4.77. The summed E-state index contributed by atoms with van der Waals surface area (Å²) < 4.78 is 0. The van der Waals surface area contributed by atoms with Gasteiger partial charge in [0, 0.05) is 37.8 Å². The van der Waals surface area contributed by atoms with E-state index in [4.69, 9.17) is 5.73 Å². The van der Waals surface area contributed by atoms with Gasteiger partial charge in [0.1, 0.15) is 5.75 Å². The molecule has 2 saturated carbocycles. The maximum Gasteiger partial charge on any atom is 0.235 e. The first-order valence-corrected chi connectivity index (χ1v) is 14.3. The Balaban J connectivity index is 1.80. The summed E-state index contributed by atoms with van der Waals surface area (Å²) in [7, 11) is 6.80. The molecule has 0 heterocycles. The smallest absolute Gasteiger partial charge is 0.235 e. The van der Waals surface area contributed by atoms with Gasteiger partial charge in [0.05, 0.1) is 17.5 Å². The number of aliphatic hydroxyl groups is 1. The van der Waals surface area contributed by atoms with Gasteiger partial charge in [-0.3, -0.25) is 28.9 Å². The second-order valence-electron chi connectivity index (χ2n) is 12.3. The lowest BCUT2D eigenvalue weighted by atomic mass is 9.52. The van der Waals surface area contributed by atoms with Crippen LogP contribution < -0.4 is 16.0 Å². The van der Waals surface area contributed by atoms with Crippen molar-refractivity contribution in [2.45, 2.75) is 57.7 Å². The molecule has 0 aromatic heterocycles. The lowest BCUT2D eigenvalue weighted by Crippen LogP contribution is -2.74. The molecule has 0 spiro atoms. The van der Waals surface area contributed by atoms with Crippen molar-refractivity contribution < 1.29 is 34.2 Å². The van der Waals surface area contributed by atoms with Crippen molar-refractivity contribution in [3.63, 3.8) is 0 Å². The zero-order chi connectivity index (χ0) is 30.5. The summed E-state index contributed by atoms with van der Waals surface area (Å²) in [5.74, 6) is -9.89. The monoisotopic (exact) mass is 570 g/mol. The Kier molecular flexibility index (Phi) is 8.46. The number of carbonyl (C=O) groups excluding carboxylic acids is 5. The van der Waals surface area contributed by atoms with Gasteiger partial charge in [-0.2, -0.15) is 0 Å². The molecular weight excluding hydrogens is 528 g/mol. The van der Waals surface area contributed by atoms with Gasteiger partial charge < -0.3 is 26.2 Å². The number of phenols is 1. The van der Waals surface area contributed by atoms with Crippen molar-refractivity contribution in [1.29, 1.82) is 0 Å². The Bertz CT molecular complexity index is 1290. The number of benzene rings is 1. The van der Waals surface area contributed by atoms with E-state index in [1.165, 1.54) is 4.90 Å². The SMILES string of the molecule is CCC(CC)CNCc1cc(N(C)C)c2c(c1O)C(=O)C1C(=O)[C@]3(O)C(=O)C(C(N)=O)C(=O)[C@H](N(C)C)[C@@H]3C[C@@H]1C2. The Labute approximate surface area is 240 Å². The highest BCUT2D eigenvalue weighted by Gasteiger charge is 2.69. The quantitative estimate of drug-likeness (QED) is 0.306. The van der Waals surface area contributed by atoms with Crippen LogP contribution in [0.15, 0.2) is 6.07 Å². The fourth-order valence-electron chi connectivity index (χ4n) is 7.23. The van der Waals surface area contributed by atoms with Gasteiger partial charge in [-0.25, -0.2) is 0 Å². The number of rotatable bonds is 9. The summed E-state index contributed by atoms with van der Waals surface area (Å²) in [6, 6.07) is 0.720. The van der Waals surface area contributed by atoms with Crippen LogP contribution in [0.5, 0.6) is 5.75 Å². The van der Waals surface area contributed by atoms with Crippen molar-refractivity contribution in [3.8, 4) is 5.75 Å². The van der Waals surface area contributed by atoms with Crippen LogP contribution in [0, 0.1) is 29.6 Å². The molecule has 41 heavy (non-hydrogen) atoms. The highest BCUT2D eigenvalue weighted by molar-refractivity contribution is 6.32. The molecule has 2 unspecified atom stereocenters. The molecule has 3 aliphatic carbocycles. The fraction of sp³-hybridized carbons (Fsp3) is 0.633. The van der Waals surface area contributed by atoms with Crippen molar-refractivity contribution in [2.75, 3.05) is 39.6 Å². The molecule has 224 valence electrons. The van der Waals surface area contributed by atoms with E-state index < -0.39 is 64.4 Å². The number of nitrogens with two attached hydrogens (primary N) is 1. The van der Waals surface area contributed by atoms with Gasteiger partial charge in [0.2, 0.25) is 5.91 Å². The minimum atomic E-state index is -2.73. The molecule has 11 nitrogen and oxygen atoms in total. The topological polar surface area (TPSA) is 170 Å². The molecule has 0 bridgehead atoms. The van der Waals surface area contributed by atoms with Crippen LogP contribution in [0.4, 0.5) is 5.69 Å². The second-order valence-corrected chi connectivity index (χ2v) is 12.3. The molecule has 1 aromatic carbocycles. The molecule has 6 atom stereocenters. The Hall–Kier alpha value is -3.15. The number of anilines is 1. The van der Waals surface area contributed by atoms with Crippen LogP contribution in [0.25, 0.3) is 0 Å². The Morgan fingerprint density at radius 1 is 1.12 bits per heavy atom. The lowest BCUT2D eigenvalue weighted by Gasteiger charge is -2.52. The maximum atomic E-state index is 14.1. The molecular formula is C30H42N4O7. The van der Waals surface area contributed by atoms with E-state index in [-0.39, 0.29) is 24.2 Å². The average molecular weight is 571 g/mol. The number of hydrogen-bond acceptors (Lipinski definition) is 10. The Morgan fingerprint density at radius 3 is 2.29 bits per heavy atom. The van der Waals surface area contributed by atoms with Gasteiger partial charge in [-0.15, -0.1) is 0 Å². The average Bonchev–Trinajstić information content (AvgIpc) is 2.89. The number of nitrogens with zero attached hydrogens (tertiary/aromatic N) is 2. The fourth-order valence-corrected chi connectivity index (χ4v) is 7.23. The first-order valence-electron chi connectivity index (χ1n) is 14.3. The highest BCUT2D eigenvalue weighted by atomic mass is 16.3. The van der Waals surface area contributed by atoms with E-state index in [0.29, 0.717) is 23.6 Å². The standard InChI is InChI=1S/C30H42N4O7/c1-7-14(8-2)12-32-13-16-11-19(33(3)4)17-9-15-10-18-23(34(5)6)26(37)22(29(31)40)28(39)30(18,41)27(38)20(15)25(36)21(17)24(16)35/h11,14-15,18,20,22-23,32,35,41H,7-10,12-13H2,1-6H3,(H2,31,40)/t15-,18-,20?,22?,23+,30-/m0/s1. The number of aromatic hydroxyl groups is 1. The summed E-state index contributed by atoms with van der Waals surface area (Å²) in [6.45, 7) is 5.28. The van der Waals surface area contributed by atoms with E-state index >= 15 is 0 Å². The molecule has 3 aliphatic rings. The van der Waals surface area contributed by atoms with Gasteiger partial charge in [-0.1, -0.05) is 26.7 Å². The number of Topliss-reactive ketones (excluding diaryl/α,β-unsaturated/α-hetero) is 4. The minimum Gasteiger partial charge on any atom is -0.507 e. The Morgan fingerprint density at radius 2 is 1.76 bits per heavy atom. The zero-order valence-corrected chi connectivity index (χ0v) is 24.7. The number of hydrogen-bond donors (Lipinski definition) is 4. The van der Waals surface area contributed by atoms with E-state index in [1.54, 1.807) is 14.1 Å². The number of phenolic OH excluding ortho intramolecular Hbond substituents is 1. The van der Waals surface area contributed by atoms with E-state index in [9.17, 15) is 34.2 Å².